The molecule has 0 saturated heterocycles. The van der Waals surface area contributed by atoms with E-state index in [0.29, 0.717) is 34.3 Å². The van der Waals surface area contributed by atoms with E-state index in [2.05, 4.69) is 20.7 Å². The van der Waals surface area contributed by atoms with Crippen LogP contribution < -0.4 is 5.32 Å². The third-order valence-corrected chi connectivity index (χ3v) is 2.87. The molecule has 3 rings (SSSR count). The van der Waals surface area contributed by atoms with E-state index in [0.717, 1.165) is 0 Å². The largest absolute Gasteiger partial charge is 0.463 e. The zero-order valence-electron chi connectivity index (χ0n) is 10.9. The topological polar surface area (TPSA) is 97.0 Å². The van der Waals surface area contributed by atoms with Crippen LogP contribution >= 0.6 is 0 Å². The Morgan fingerprint density at radius 3 is 2.90 bits per heavy atom. The molecule has 0 aromatic carbocycles. The van der Waals surface area contributed by atoms with E-state index in [1.807, 2.05) is 0 Å². The first-order valence-corrected chi connectivity index (χ1v) is 5.98. The molecule has 0 spiro atoms. The van der Waals surface area contributed by atoms with Crippen LogP contribution in [-0.4, -0.2) is 21.3 Å². The second-order valence-electron chi connectivity index (χ2n) is 4.30. The molecule has 0 aliphatic rings. The van der Waals surface area contributed by atoms with Crippen molar-refractivity contribution < 1.29 is 13.7 Å². The second-order valence-corrected chi connectivity index (χ2v) is 4.30. The number of carbonyl (C=O) groups is 1. The lowest BCUT2D eigenvalue weighted by molar-refractivity contribution is 0.102. The van der Waals surface area contributed by atoms with Gasteiger partial charge in [-0.15, -0.1) is 0 Å². The van der Waals surface area contributed by atoms with Gasteiger partial charge < -0.3 is 14.3 Å². The molecule has 2 N–H and O–H groups in total. The monoisotopic (exact) mass is 272 g/mol. The van der Waals surface area contributed by atoms with Gasteiger partial charge in [-0.25, -0.2) is 0 Å². The summed E-state index contributed by atoms with van der Waals surface area (Å²) in [6, 6.07) is 5.26. The molecule has 20 heavy (non-hydrogen) atoms. The van der Waals surface area contributed by atoms with Crippen LogP contribution in [0.4, 0.5) is 5.82 Å². The molecule has 1 amide bonds. The molecular formula is C13H12N4O3. The average Bonchev–Trinajstić information content (AvgIpc) is 3.10. The number of aryl methyl sites for hydroxylation is 2. The van der Waals surface area contributed by atoms with Gasteiger partial charge >= 0.3 is 0 Å². The highest BCUT2D eigenvalue weighted by molar-refractivity contribution is 6.05. The minimum Gasteiger partial charge on any atom is -0.463 e. The third kappa shape index (κ3) is 2.09. The lowest BCUT2D eigenvalue weighted by Crippen LogP contribution is -2.13. The van der Waals surface area contributed by atoms with Gasteiger partial charge in [0.15, 0.2) is 11.6 Å². The van der Waals surface area contributed by atoms with Crippen LogP contribution in [0.3, 0.4) is 0 Å². The van der Waals surface area contributed by atoms with Crippen molar-refractivity contribution in [2.45, 2.75) is 13.8 Å². The van der Waals surface area contributed by atoms with Crippen molar-refractivity contribution >= 4 is 11.7 Å². The fraction of sp³-hybridized carbons (Fsp3) is 0.154. The first-order valence-electron chi connectivity index (χ1n) is 5.98. The molecule has 3 aromatic heterocycles. The maximum Gasteiger partial charge on any atom is 0.262 e. The van der Waals surface area contributed by atoms with Gasteiger partial charge in [0.25, 0.3) is 5.91 Å². The van der Waals surface area contributed by atoms with Crippen molar-refractivity contribution in [3.63, 3.8) is 0 Å². The Morgan fingerprint density at radius 2 is 2.25 bits per heavy atom. The van der Waals surface area contributed by atoms with Gasteiger partial charge in [-0.2, -0.15) is 5.10 Å². The normalized spacial score (nSPS) is 10.7. The van der Waals surface area contributed by atoms with Crippen LogP contribution in [0.2, 0.25) is 0 Å². The number of H-pyrrole nitrogens is 1. The summed E-state index contributed by atoms with van der Waals surface area (Å²) in [7, 11) is 0. The van der Waals surface area contributed by atoms with Crippen LogP contribution in [0.25, 0.3) is 11.5 Å². The lowest BCUT2D eigenvalue weighted by Gasteiger charge is -1.99. The summed E-state index contributed by atoms with van der Waals surface area (Å²) >= 11 is 0. The van der Waals surface area contributed by atoms with E-state index < -0.39 is 0 Å². The molecule has 0 saturated carbocycles. The van der Waals surface area contributed by atoms with Crippen LogP contribution in [0.1, 0.15) is 21.8 Å². The number of carbonyl (C=O) groups excluding carboxylic acids is 1. The minimum atomic E-state index is -0.307. The Labute approximate surface area is 114 Å². The zero-order valence-corrected chi connectivity index (χ0v) is 10.9. The van der Waals surface area contributed by atoms with Gasteiger partial charge in [0.2, 0.25) is 0 Å². The molecule has 102 valence electrons. The highest BCUT2D eigenvalue weighted by Gasteiger charge is 2.18. The molecule has 0 aliphatic carbocycles. The Balaban J connectivity index is 1.80. The van der Waals surface area contributed by atoms with Crippen molar-refractivity contribution in [2.24, 2.45) is 0 Å². The molecule has 7 nitrogen and oxygen atoms in total. The van der Waals surface area contributed by atoms with Crippen molar-refractivity contribution in [1.82, 2.24) is 15.4 Å². The predicted octanol–water partition coefficient (Wildman–Crippen LogP) is 2.53. The molecule has 0 bridgehead atoms. The van der Waals surface area contributed by atoms with E-state index in [1.54, 1.807) is 38.3 Å². The number of hydrogen-bond donors (Lipinski definition) is 2. The summed E-state index contributed by atoms with van der Waals surface area (Å²) in [5.74, 6) is 1.22. The van der Waals surface area contributed by atoms with E-state index in [4.69, 9.17) is 8.94 Å². The Kier molecular flexibility index (Phi) is 2.86. The van der Waals surface area contributed by atoms with Crippen molar-refractivity contribution in [1.29, 1.82) is 0 Å². The molecule has 0 unspecified atom stereocenters. The Bertz CT molecular complexity index is 720. The molecule has 3 aromatic rings. The predicted molar refractivity (Wildman–Crippen MR) is 70.2 cm³/mol. The first kappa shape index (κ1) is 12.2. The van der Waals surface area contributed by atoms with Gasteiger partial charge in [-0.1, -0.05) is 5.16 Å². The Hall–Kier alpha value is -2.83. The standard InChI is InChI=1S/C13H12N4O3/c1-7-12(8(2)20-17-7)13(18)14-11-6-9(15-16-11)10-4-3-5-19-10/h3-6H,1-2H3,(H2,14,15,16,18). The minimum absolute atomic E-state index is 0.307. The first-order chi connectivity index (χ1) is 9.65. The summed E-state index contributed by atoms with van der Waals surface area (Å²) in [5.41, 5.74) is 1.65. The fourth-order valence-corrected chi connectivity index (χ4v) is 1.93. The highest BCUT2D eigenvalue weighted by atomic mass is 16.5. The van der Waals surface area contributed by atoms with Crippen LogP contribution in [0.5, 0.6) is 0 Å². The van der Waals surface area contributed by atoms with E-state index in [1.165, 1.54) is 0 Å². The molecule has 3 heterocycles. The summed E-state index contributed by atoms with van der Waals surface area (Å²) < 4.78 is 10.2. The fourth-order valence-electron chi connectivity index (χ4n) is 1.93. The van der Waals surface area contributed by atoms with Crippen molar-refractivity contribution in [3.05, 3.63) is 41.5 Å². The molecule has 0 atom stereocenters. The van der Waals surface area contributed by atoms with E-state index in [-0.39, 0.29) is 5.91 Å². The number of nitrogens with zero attached hydrogens (tertiary/aromatic N) is 2. The number of rotatable bonds is 3. The quantitative estimate of drug-likeness (QED) is 0.763. The van der Waals surface area contributed by atoms with E-state index >= 15 is 0 Å². The molecule has 0 aliphatic heterocycles. The van der Waals surface area contributed by atoms with Crippen molar-refractivity contribution in [2.75, 3.05) is 5.32 Å². The maximum atomic E-state index is 12.1. The average molecular weight is 272 g/mol. The summed E-state index contributed by atoms with van der Waals surface area (Å²) in [5, 5.41) is 13.2. The molecular weight excluding hydrogens is 260 g/mol. The van der Waals surface area contributed by atoms with E-state index in [9.17, 15) is 4.79 Å². The number of hydrogen-bond acceptors (Lipinski definition) is 5. The third-order valence-electron chi connectivity index (χ3n) is 2.87. The van der Waals surface area contributed by atoms with Crippen molar-refractivity contribution in [3.8, 4) is 11.5 Å². The van der Waals surface area contributed by atoms with Crippen LogP contribution in [0, 0.1) is 13.8 Å². The zero-order chi connectivity index (χ0) is 14.1. The Morgan fingerprint density at radius 1 is 1.40 bits per heavy atom. The van der Waals surface area contributed by atoms with Gasteiger partial charge in [0.1, 0.15) is 17.0 Å². The highest BCUT2D eigenvalue weighted by Crippen LogP contribution is 2.21. The van der Waals surface area contributed by atoms with Crippen LogP contribution in [-0.2, 0) is 0 Å². The molecule has 7 heteroatoms. The smallest absolute Gasteiger partial charge is 0.262 e. The van der Waals surface area contributed by atoms with Gasteiger partial charge in [0, 0.05) is 6.07 Å². The SMILES string of the molecule is Cc1noc(C)c1C(=O)Nc1cc(-c2ccco2)[nH]n1. The van der Waals surface area contributed by atoms with Crippen LogP contribution in [0.15, 0.2) is 33.4 Å². The number of nitrogens with one attached hydrogen (secondary N) is 2. The summed E-state index contributed by atoms with van der Waals surface area (Å²) in [6.07, 6.45) is 1.57. The number of aromatic nitrogens is 3. The number of amides is 1. The van der Waals surface area contributed by atoms with Gasteiger partial charge in [-0.05, 0) is 26.0 Å². The lowest BCUT2D eigenvalue weighted by atomic mass is 10.2. The summed E-state index contributed by atoms with van der Waals surface area (Å²) in [4.78, 5) is 12.1. The maximum absolute atomic E-state index is 12.1. The van der Waals surface area contributed by atoms with Gasteiger partial charge in [-0.3, -0.25) is 9.89 Å². The number of furan rings is 1. The molecule has 0 radical (unpaired) electrons. The molecule has 0 fully saturated rings. The van der Waals surface area contributed by atoms with Gasteiger partial charge in [0.05, 0.1) is 12.0 Å². The number of anilines is 1. The second kappa shape index (κ2) is 4.69. The number of aromatic amines is 1. The summed E-state index contributed by atoms with van der Waals surface area (Å²) in [6.45, 7) is 3.40.